The summed E-state index contributed by atoms with van der Waals surface area (Å²) < 4.78 is 6.07. The summed E-state index contributed by atoms with van der Waals surface area (Å²) >= 11 is 0. The molecule has 0 radical (unpaired) electrons. The van der Waals surface area contributed by atoms with Gasteiger partial charge in [0, 0.05) is 6.54 Å². The van der Waals surface area contributed by atoms with Crippen LogP contribution in [0.1, 0.15) is 33.1 Å². The minimum atomic E-state index is -0.202. The minimum absolute atomic E-state index is 0.202. The van der Waals surface area contributed by atoms with E-state index >= 15 is 0 Å². The average Bonchev–Trinajstić information content (AvgIpc) is 2.32. The number of nitrogen functional groups attached to an aromatic ring is 1. The Morgan fingerprint density at radius 1 is 1.17 bits per heavy atom. The number of hydrogen-bond donors (Lipinski definition) is 1. The second kappa shape index (κ2) is 5.61. The number of piperidine rings is 1. The lowest BCUT2D eigenvalue weighted by Crippen LogP contribution is -2.44. The van der Waals surface area contributed by atoms with Gasteiger partial charge in [-0.05, 0) is 51.9 Å². The molecule has 1 aromatic rings. The summed E-state index contributed by atoms with van der Waals surface area (Å²) in [5, 5.41) is 0. The highest BCUT2D eigenvalue weighted by atomic mass is 16.5. The molecule has 1 heterocycles. The van der Waals surface area contributed by atoms with Crippen molar-refractivity contribution in [2.45, 2.75) is 38.7 Å². The summed E-state index contributed by atoms with van der Waals surface area (Å²) in [7, 11) is 0. The van der Waals surface area contributed by atoms with E-state index in [1.807, 2.05) is 24.3 Å². The third-order valence-corrected chi connectivity index (χ3v) is 3.36. The number of likely N-dealkylation sites (tertiary alicyclic amines) is 1. The van der Waals surface area contributed by atoms with Crippen LogP contribution in [0.15, 0.2) is 24.3 Å². The van der Waals surface area contributed by atoms with Gasteiger partial charge >= 0.3 is 0 Å². The fraction of sp³-hybridized carbons (Fsp3) is 0.600. The van der Waals surface area contributed by atoms with Crippen molar-refractivity contribution in [3.63, 3.8) is 0 Å². The van der Waals surface area contributed by atoms with Gasteiger partial charge in [0.1, 0.15) is 11.4 Å². The van der Waals surface area contributed by atoms with Gasteiger partial charge in [0.25, 0.3) is 0 Å². The van der Waals surface area contributed by atoms with E-state index in [1.54, 1.807) is 0 Å². The standard InChI is InChI=1S/C15H24N2O/c1-15(2,12-17-10-6-3-7-11-17)18-14-9-5-4-8-13(14)16/h4-5,8-9H,3,6-7,10-12,16H2,1-2H3. The smallest absolute Gasteiger partial charge is 0.143 e. The minimum Gasteiger partial charge on any atom is -0.484 e. The van der Waals surface area contributed by atoms with E-state index in [-0.39, 0.29) is 5.60 Å². The molecule has 0 unspecified atom stereocenters. The van der Waals surface area contributed by atoms with Gasteiger partial charge in [-0.3, -0.25) is 4.90 Å². The van der Waals surface area contributed by atoms with Crippen LogP contribution < -0.4 is 10.5 Å². The van der Waals surface area contributed by atoms with Crippen molar-refractivity contribution in [2.75, 3.05) is 25.4 Å². The Morgan fingerprint density at radius 3 is 2.50 bits per heavy atom. The zero-order chi connectivity index (χ0) is 13.0. The van der Waals surface area contributed by atoms with E-state index in [0.29, 0.717) is 5.69 Å². The molecule has 0 spiro atoms. The number of rotatable bonds is 4. The van der Waals surface area contributed by atoms with Crippen molar-refractivity contribution in [2.24, 2.45) is 0 Å². The zero-order valence-corrected chi connectivity index (χ0v) is 11.5. The van der Waals surface area contributed by atoms with Crippen LogP contribution in [0.25, 0.3) is 0 Å². The van der Waals surface area contributed by atoms with Crippen molar-refractivity contribution in [3.05, 3.63) is 24.3 Å². The fourth-order valence-corrected chi connectivity index (χ4v) is 2.56. The number of nitrogens with zero attached hydrogens (tertiary/aromatic N) is 1. The lowest BCUT2D eigenvalue weighted by molar-refractivity contribution is 0.0526. The molecule has 0 bridgehead atoms. The Hall–Kier alpha value is -1.22. The second-order valence-corrected chi connectivity index (χ2v) is 5.74. The molecule has 1 saturated heterocycles. The van der Waals surface area contributed by atoms with E-state index in [9.17, 15) is 0 Å². The summed E-state index contributed by atoms with van der Waals surface area (Å²) in [6, 6.07) is 7.71. The van der Waals surface area contributed by atoms with Crippen LogP contribution >= 0.6 is 0 Å². The van der Waals surface area contributed by atoms with E-state index in [1.165, 1.54) is 32.4 Å². The van der Waals surface area contributed by atoms with Crippen LogP contribution in [-0.4, -0.2) is 30.1 Å². The number of hydrogen-bond acceptors (Lipinski definition) is 3. The number of benzene rings is 1. The lowest BCUT2D eigenvalue weighted by Gasteiger charge is -2.35. The highest BCUT2D eigenvalue weighted by Gasteiger charge is 2.25. The van der Waals surface area contributed by atoms with Gasteiger partial charge in [-0.2, -0.15) is 0 Å². The lowest BCUT2D eigenvalue weighted by atomic mass is 10.1. The molecule has 18 heavy (non-hydrogen) atoms. The van der Waals surface area contributed by atoms with E-state index in [0.717, 1.165) is 12.3 Å². The highest BCUT2D eigenvalue weighted by molar-refractivity contribution is 5.52. The maximum Gasteiger partial charge on any atom is 0.143 e. The predicted octanol–water partition coefficient (Wildman–Crippen LogP) is 2.91. The van der Waals surface area contributed by atoms with Crippen LogP contribution in [0, 0.1) is 0 Å². The third-order valence-electron chi connectivity index (χ3n) is 3.36. The van der Waals surface area contributed by atoms with Crippen molar-refractivity contribution in [3.8, 4) is 5.75 Å². The first kappa shape index (κ1) is 13.2. The predicted molar refractivity (Wildman–Crippen MR) is 75.9 cm³/mol. The molecular formula is C15H24N2O. The first-order chi connectivity index (χ1) is 8.57. The summed E-state index contributed by atoms with van der Waals surface area (Å²) in [5.74, 6) is 0.791. The quantitative estimate of drug-likeness (QED) is 0.833. The molecule has 100 valence electrons. The summed E-state index contributed by atoms with van der Waals surface area (Å²) in [4.78, 5) is 2.49. The normalized spacial score (nSPS) is 17.7. The van der Waals surface area contributed by atoms with E-state index in [4.69, 9.17) is 10.5 Å². The van der Waals surface area contributed by atoms with Gasteiger partial charge in [-0.25, -0.2) is 0 Å². The molecule has 2 N–H and O–H groups in total. The largest absolute Gasteiger partial charge is 0.484 e. The van der Waals surface area contributed by atoms with Gasteiger partial charge in [0.15, 0.2) is 0 Å². The highest BCUT2D eigenvalue weighted by Crippen LogP contribution is 2.26. The molecule has 1 aliphatic heterocycles. The van der Waals surface area contributed by atoms with Crippen molar-refractivity contribution < 1.29 is 4.74 Å². The fourth-order valence-electron chi connectivity index (χ4n) is 2.56. The summed E-state index contributed by atoms with van der Waals surface area (Å²) in [6.45, 7) is 7.61. The Morgan fingerprint density at radius 2 is 1.83 bits per heavy atom. The van der Waals surface area contributed by atoms with Gasteiger partial charge in [-0.15, -0.1) is 0 Å². The van der Waals surface area contributed by atoms with E-state index < -0.39 is 0 Å². The van der Waals surface area contributed by atoms with Crippen LogP contribution in [0.4, 0.5) is 5.69 Å². The molecule has 0 aliphatic carbocycles. The average molecular weight is 248 g/mol. The van der Waals surface area contributed by atoms with E-state index in [2.05, 4.69) is 18.7 Å². The van der Waals surface area contributed by atoms with Gasteiger partial charge < -0.3 is 10.5 Å². The molecule has 1 aliphatic rings. The SMILES string of the molecule is CC(C)(CN1CCCCC1)Oc1ccccc1N. The third kappa shape index (κ3) is 3.64. The maximum atomic E-state index is 6.07. The molecule has 2 rings (SSSR count). The van der Waals surface area contributed by atoms with Crippen LogP contribution in [0.3, 0.4) is 0 Å². The van der Waals surface area contributed by atoms with Crippen molar-refractivity contribution in [1.82, 2.24) is 4.90 Å². The van der Waals surface area contributed by atoms with Crippen molar-refractivity contribution >= 4 is 5.69 Å². The Balaban J connectivity index is 1.96. The number of nitrogens with two attached hydrogens (primary N) is 1. The van der Waals surface area contributed by atoms with Crippen LogP contribution in [-0.2, 0) is 0 Å². The molecule has 1 aromatic carbocycles. The first-order valence-electron chi connectivity index (χ1n) is 6.83. The molecular weight excluding hydrogens is 224 g/mol. The Bertz CT molecular complexity index is 384. The molecule has 0 saturated carbocycles. The molecule has 3 nitrogen and oxygen atoms in total. The molecule has 0 aromatic heterocycles. The zero-order valence-electron chi connectivity index (χ0n) is 11.5. The van der Waals surface area contributed by atoms with Gasteiger partial charge in [-0.1, -0.05) is 18.6 Å². The van der Waals surface area contributed by atoms with Crippen molar-refractivity contribution in [1.29, 1.82) is 0 Å². The number of ether oxygens (including phenoxy) is 1. The number of anilines is 1. The Labute approximate surface area is 110 Å². The van der Waals surface area contributed by atoms with Crippen LogP contribution in [0.2, 0.25) is 0 Å². The molecule has 1 fully saturated rings. The van der Waals surface area contributed by atoms with Crippen LogP contribution in [0.5, 0.6) is 5.75 Å². The number of para-hydroxylation sites is 2. The summed E-state index contributed by atoms with van der Waals surface area (Å²) in [5.41, 5.74) is 6.43. The van der Waals surface area contributed by atoms with Gasteiger partial charge in [0.2, 0.25) is 0 Å². The molecule has 0 amide bonds. The monoisotopic (exact) mass is 248 g/mol. The Kier molecular flexibility index (Phi) is 4.12. The maximum absolute atomic E-state index is 6.07. The molecule has 0 atom stereocenters. The first-order valence-corrected chi connectivity index (χ1v) is 6.83. The molecule has 3 heteroatoms. The van der Waals surface area contributed by atoms with Gasteiger partial charge in [0.05, 0.1) is 5.69 Å². The summed E-state index contributed by atoms with van der Waals surface area (Å²) in [6.07, 6.45) is 3.98. The second-order valence-electron chi connectivity index (χ2n) is 5.74. The topological polar surface area (TPSA) is 38.5 Å².